The highest BCUT2D eigenvalue weighted by atomic mass is 16.6. The zero-order chi connectivity index (χ0) is 75.2. The third kappa shape index (κ3) is 24.5. The second-order valence-electron chi connectivity index (χ2n) is 26.8. The Bertz CT molecular complexity index is 3630. The number of imide groups is 1. The number of hydrogen-bond donors (Lipinski definition) is 3. The normalized spacial score (nSPS) is 17.3. The number of rotatable bonds is 47. The number of carbonyl (C=O) groups excluding carboxylic acids is 8. The number of aryl methyl sites for hydroxylation is 1. The van der Waals surface area contributed by atoms with Crippen LogP contribution in [0.3, 0.4) is 0 Å². The monoisotopic (exact) mass is 1470 g/mol. The van der Waals surface area contributed by atoms with Crippen molar-refractivity contribution >= 4 is 64.8 Å². The molecule has 0 bridgehead atoms. The van der Waals surface area contributed by atoms with Crippen LogP contribution in [0.1, 0.15) is 103 Å². The van der Waals surface area contributed by atoms with Crippen LogP contribution in [0.25, 0.3) is 0 Å². The molecule has 106 heavy (non-hydrogen) atoms. The van der Waals surface area contributed by atoms with Crippen molar-refractivity contribution in [1.29, 1.82) is 0 Å². The summed E-state index contributed by atoms with van der Waals surface area (Å²) in [5.74, 6) is -1.33. The molecule has 1 fully saturated rings. The summed E-state index contributed by atoms with van der Waals surface area (Å²) in [7, 11) is 1.54. The fourth-order valence-corrected chi connectivity index (χ4v) is 12.9. The van der Waals surface area contributed by atoms with Crippen LogP contribution in [-0.2, 0) is 104 Å². The van der Waals surface area contributed by atoms with E-state index in [0.29, 0.717) is 177 Å². The largest absolute Gasteiger partial charge is 0.493 e. The van der Waals surface area contributed by atoms with Crippen LogP contribution in [0, 0.1) is 18.8 Å². The van der Waals surface area contributed by atoms with Crippen molar-refractivity contribution in [3.8, 4) is 17.2 Å². The number of ether oxygens (including phenoxy) is 12. The lowest BCUT2D eigenvalue weighted by Crippen LogP contribution is -2.50. The summed E-state index contributed by atoms with van der Waals surface area (Å²) in [5.41, 5.74) is 6.86. The molecular weight excluding hydrogens is 1370 g/mol. The van der Waals surface area contributed by atoms with Gasteiger partial charge in [-0.3, -0.25) is 48.4 Å². The first-order chi connectivity index (χ1) is 51.5. The van der Waals surface area contributed by atoms with Crippen LogP contribution in [-0.4, -0.2) is 243 Å². The molecule has 0 spiro atoms. The second-order valence-corrected chi connectivity index (χ2v) is 26.8. The van der Waals surface area contributed by atoms with Gasteiger partial charge in [0.2, 0.25) is 11.8 Å². The lowest BCUT2D eigenvalue weighted by Gasteiger charge is -2.34. The average molecular weight is 1470 g/mol. The quantitative estimate of drug-likeness (QED) is 0.0319. The summed E-state index contributed by atoms with van der Waals surface area (Å²) >= 11 is 0. The molecule has 5 aliphatic heterocycles. The predicted octanol–water partition coefficient (Wildman–Crippen LogP) is 6.38. The first kappa shape index (κ1) is 81.5. The number of benzene rings is 4. The van der Waals surface area contributed by atoms with Crippen molar-refractivity contribution in [1.82, 2.24) is 25.3 Å². The molecule has 28 nitrogen and oxygen atoms in total. The third-order valence-corrected chi connectivity index (χ3v) is 18.8. The zero-order valence-corrected chi connectivity index (χ0v) is 61.6. The van der Waals surface area contributed by atoms with E-state index in [2.05, 4.69) is 27.7 Å². The van der Waals surface area contributed by atoms with Gasteiger partial charge in [-0.2, -0.15) is 0 Å². The molecule has 0 radical (unpaired) electrons. The number of anilines is 1. The van der Waals surface area contributed by atoms with E-state index < -0.39 is 36.1 Å². The van der Waals surface area contributed by atoms with Gasteiger partial charge in [-0.05, 0) is 91.1 Å². The van der Waals surface area contributed by atoms with Gasteiger partial charge >= 0.3 is 6.09 Å². The molecule has 5 aliphatic rings. The van der Waals surface area contributed by atoms with Gasteiger partial charge in [0.15, 0.2) is 23.5 Å². The van der Waals surface area contributed by atoms with E-state index >= 15 is 0 Å². The van der Waals surface area contributed by atoms with Crippen molar-refractivity contribution < 1.29 is 100 Å². The summed E-state index contributed by atoms with van der Waals surface area (Å²) in [6.45, 7) is 15.7. The van der Waals surface area contributed by atoms with Gasteiger partial charge in [0.25, 0.3) is 17.7 Å². The first-order valence-electron chi connectivity index (χ1n) is 36.7. The Balaban J connectivity index is 0.590. The van der Waals surface area contributed by atoms with E-state index in [1.807, 2.05) is 50.1 Å². The van der Waals surface area contributed by atoms with E-state index in [-0.39, 0.29) is 113 Å². The summed E-state index contributed by atoms with van der Waals surface area (Å²) in [6, 6.07) is 21.2. The highest BCUT2D eigenvalue weighted by Gasteiger charge is 2.42. The van der Waals surface area contributed by atoms with Crippen LogP contribution in [0.4, 0.5) is 16.2 Å². The predicted molar refractivity (Wildman–Crippen MR) is 389 cm³/mol. The highest BCUT2D eigenvalue weighted by molar-refractivity contribution is 6.13. The molecule has 6 amide bonds. The maximum Gasteiger partial charge on any atom is 0.416 e. The number of fused-ring (bicyclic) bond motifs is 5. The van der Waals surface area contributed by atoms with Crippen LogP contribution < -0.4 is 29.7 Å². The number of nitrogens with zero attached hydrogens (tertiary/aromatic N) is 5. The van der Waals surface area contributed by atoms with Crippen LogP contribution in [0.5, 0.6) is 17.2 Å². The summed E-state index contributed by atoms with van der Waals surface area (Å²) < 4.78 is 68.4. The van der Waals surface area contributed by atoms with E-state index in [0.717, 1.165) is 34.6 Å². The van der Waals surface area contributed by atoms with E-state index in [1.54, 1.807) is 49.4 Å². The lowest BCUT2D eigenvalue weighted by molar-refractivity contribution is -0.137. The van der Waals surface area contributed by atoms with Gasteiger partial charge in [0, 0.05) is 94.7 Å². The molecule has 2 unspecified atom stereocenters. The number of aliphatic imine (C=N–C) groups is 1. The van der Waals surface area contributed by atoms with E-state index in [4.69, 9.17) is 61.8 Å². The van der Waals surface area contributed by atoms with Crippen molar-refractivity contribution in [3.05, 3.63) is 124 Å². The Morgan fingerprint density at radius 3 is 1.87 bits per heavy atom. The molecule has 0 aromatic heterocycles. The van der Waals surface area contributed by atoms with Crippen molar-refractivity contribution in [2.45, 2.75) is 123 Å². The molecule has 0 saturated carbocycles. The topological polar surface area (TPSA) is 317 Å². The standard InChI is InChI=1S/C78H103N7O21/c1-53(2)63(45-62(86)20-26-96-28-30-98-32-34-100-36-38-102-40-41-103-39-37-101-35-33-99-31-29-97-27-21-79-72(88)19-23-83-73(89)17-18-74(83)90)75(91)81-55(4)68(87)43-56-13-15-57(16-14-56)52-106-78(94)85-67-48-69(54(3)42-60(67)50-82-22-8-12-66(82)77(85)93)104-24-9-25-105-71-47-65-64(46-70(71)95-5)76(92)84-51-59-11-7-6-10-58(59)44-61(84)49-80-65/h6-7,10-11,13-18,42,46-49,53,55,61,63,66,77,93H,8-9,12,19-41,43-45,50-52H2,1-5H3,(H,79,88)(H,81,91)/t55-,61?,63-,66-,77?/m0/s1. The summed E-state index contributed by atoms with van der Waals surface area (Å²) in [5, 5.41) is 17.5. The van der Waals surface area contributed by atoms with Gasteiger partial charge in [-0.15, -0.1) is 0 Å². The van der Waals surface area contributed by atoms with Crippen LogP contribution in [0.2, 0.25) is 0 Å². The maximum atomic E-state index is 14.2. The first-order valence-corrected chi connectivity index (χ1v) is 36.7. The number of hydrogen-bond acceptors (Lipinski definition) is 23. The average Bonchev–Trinajstić information content (AvgIpc) is 1.58. The number of amides is 6. The molecule has 28 heteroatoms. The van der Waals surface area contributed by atoms with Crippen molar-refractivity contribution in [2.24, 2.45) is 16.8 Å². The Hall–Kier alpha value is -8.55. The number of aliphatic hydroxyl groups is 1. The van der Waals surface area contributed by atoms with Crippen LogP contribution in [0.15, 0.2) is 89.9 Å². The minimum Gasteiger partial charge on any atom is -0.493 e. The molecule has 4 aromatic carbocycles. The molecule has 9 rings (SSSR count). The Kier molecular flexibility index (Phi) is 32.8. The smallest absolute Gasteiger partial charge is 0.416 e. The number of Topliss-reactive ketones (excluding diaryl/α,β-unsaturated/α-hetero) is 2. The number of ketones is 2. The maximum absolute atomic E-state index is 14.2. The Morgan fingerprint density at radius 2 is 1.25 bits per heavy atom. The van der Waals surface area contributed by atoms with E-state index in [1.165, 1.54) is 29.7 Å². The molecule has 5 atom stereocenters. The number of methoxy groups -OCH3 is 1. The molecule has 4 aromatic rings. The lowest BCUT2D eigenvalue weighted by atomic mass is 9.88. The third-order valence-electron chi connectivity index (χ3n) is 18.8. The molecule has 1 saturated heterocycles. The Labute approximate surface area is 619 Å². The van der Waals surface area contributed by atoms with Crippen molar-refractivity contribution in [3.63, 3.8) is 0 Å². The van der Waals surface area contributed by atoms with Gasteiger partial charge in [-0.25, -0.2) is 9.69 Å². The van der Waals surface area contributed by atoms with E-state index in [9.17, 15) is 43.5 Å². The second kappa shape index (κ2) is 42.7. The minimum absolute atomic E-state index is 0.00584. The van der Waals surface area contributed by atoms with Gasteiger partial charge in [-0.1, -0.05) is 62.4 Å². The van der Waals surface area contributed by atoms with Gasteiger partial charge < -0.3 is 77.5 Å². The minimum atomic E-state index is -1.19. The fourth-order valence-electron chi connectivity index (χ4n) is 12.9. The fraction of sp³-hybridized carbons (Fsp3) is 0.551. The Morgan fingerprint density at radius 1 is 0.651 bits per heavy atom. The molecule has 0 aliphatic carbocycles. The van der Waals surface area contributed by atoms with Gasteiger partial charge in [0.05, 0.1) is 161 Å². The molecule has 5 heterocycles. The molecule has 576 valence electrons. The summed E-state index contributed by atoms with van der Waals surface area (Å²) in [6.07, 6.45) is 5.23. The van der Waals surface area contributed by atoms with Gasteiger partial charge in [0.1, 0.15) is 18.1 Å². The SMILES string of the molecule is COc1cc2c(cc1OCCCOc1cc3c(cc1C)CN1CCC[C@H]1C(O)N3C(=O)OCc1ccc(CC(=O)[C@H](C)NC(=O)[C@@H](CC(=O)CCOCCOCCOCCOCCOCCOCCOCCOCCNC(=O)CCN3C(=O)C=CC3=O)C(C)C)cc1)N=CC1Cc3ccccc3CN1C2=O. The highest BCUT2D eigenvalue weighted by Crippen LogP contribution is 2.41. The number of carbonyl (C=O) groups is 8. The van der Waals surface area contributed by atoms with Crippen LogP contribution >= 0.6 is 0 Å². The summed E-state index contributed by atoms with van der Waals surface area (Å²) in [4.78, 5) is 114. The zero-order valence-electron chi connectivity index (χ0n) is 61.6. The van der Waals surface area contributed by atoms with Crippen molar-refractivity contribution in [2.75, 3.05) is 151 Å². The number of aliphatic hydroxyl groups excluding tert-OH is 1. The number of nitrogens with one attached hydrogen (secondary N) is 2. The molecule has 3 N–H and O–H groups in total. The molecular formula is C78H103N7O21.